The largest absolute Gasteiger partial charge is 0.480 e. The van der Waals surface area contributed by atoms with Gasteiger partial charge in [0.25, 0.3) is 0 Å². The van der Waals surface area contributed by atoms with Gasteiger partial charge in [-0.25, -0.2) is 9.59 Å². The molecule has 1 aliphatic carbocycles. The molecule has 5 heteroatoms. The summed E-state index contributed by atoms with van der Waals surface area (Å²) in [6.45, 7) is 5.80. The highest BCUT2D eigenvalue weighted by Crippen LogP contribution is 2.20. The quantitative estimate of drug-likeness (QED) is 0.727. The number of aliphatic carboxylic acids is 1. The van der Waals surface area contributed by atoms with Crippen molar-refractivity contribution >= 4 is 12.0 Å². The van der Waals surface area contributed by atoms with Crippen molar-refractivity contribution in [2.75, 3.05) is 13.1 Å². The molecule has 0 bridgehead atoms. The molecule has 108 valence electrons. The van der Waals surface area contributed by atoms with Gasteiger partial charge in [0.1, 0.15) is 5.54 Å². The Morgan fingerprint density at radius 2 is 2.16 bits per heavy atom. The Labute approximate surface area is 114 Å². The maximum absolute atomic E-state index is 12.0. The summed E-state index contributed by atoms with van der Waals surface area (Å²) in [7, 11) is 0. The molecule has 0 heterocycles. The number of likely N-dealkylation sites (N-methyl/N-ethyl adjacent to an activating group) is 1. The number of carboxylic acid groups (broad SMARTS) is 1. The van der Waals surface area contributed by atoms with E-state index in [0.29, 0.717) is 13.1 Å². The van der Waals surface area contributed by atoms with Gasteiger partial charge in [-0.1, -0.05) is 11.6 Å². The standard InChI is InChI=1S/C14H24N2O3/c1-4-16(14(2,3)12(17)18)13(19)15-10-9-11-7-5-6-8-11/h7H,4-6,8-10H2,1-3H3,(H,15,19)(H,17,18). The van der Waals surface area contributed by atoms with Gasteiger partial charge in [-0.2, -0.15) is 0 Å². The highest BCUT2D eigenvalue weighted by atomic mass is 16.4. The van der Waals surface area contributed by atoms with Crippen molar-refractivity contribution in [2.45, 2.75) is 52.0 Å². The number of hydrogen-bond donors (Lipinski definition) is 2. The predicted molar refractivity (Wildman–Crippen MR) is 74.0 cm³/mol. The topological polar surface area (TPSA) is 69.6 Å². The molecule has 2 amide bonds. The van der Waals surface area contributed by atoms with E-state index in [1.807, 2.05) is 0 Å². The highest BCUT2D eigenvalue weighted by Gasteiger charge is 2.36. The number of nitrogens with zero attached hydrogens (tertiary/aromatic N) is 1. The zero-order valence-corrected chi connectivity index (χ0v) is 12.0. The normalized spacial score (nSPS) is 15.0. The lowest BCUT2D eigenvalue weighted by molar-refractivity contribution is -0.147. The van der Waals surface area contributed by atoms with Crippen molar-refractivity contribution in [2.24, 2.45) is 0 Å². The molecule has 0 spiro atoms. The van der Waals surface area contributed by atoms with Gasteiger partial charge in [-0.3, -0.25) is 0 Å². The van der Waals surface area contributed by atoms with Gasteiger partial charge in [0.2, 0.25) is 0 Å². The number of urea groups is 1. The van der Waals surface area contributed by atoms with E-state index in [-0.39, 0.29) is 6.03 Å². The number of allylic oxidation sites excluding steroid dienone is 1. The maximum atomic E-state index is 12.0. The summed E-state index contributed by atoms with van der Waals surface area (Å²) in [6.07, 6.45) is 6.54. The molecular weight excluding hydrogens is 244 g/mol. The third-order valence-corrected chi connectivity index (χ3v) is 3.62. The van der Waals surface area contributed by atoms with Crippen molar-refractivity contribution in [1.82, 2.24) is 10.2 Å². The van der Waals surface area contributed by atoms with Crippen molar-refractivity contribution in [1.29, 1.82) is 0 Å². The third kappa shape index (κ3) is 3.98. The Bertz CT molecular complexity index is 375. The van der Waals surface area contributed by atoms with E-state index in [0.717, 1.165) is 19.3 Å². The summed E-state index contributed by atoms with van der Waals surface area (Å²) in [5.74, 6) is -0.997. The minimum atomic E-state index is -1.19. The number of hydrogen-bond acceptors (Lipinski definition) is 2. The van der Waals surface area contributed by atoms with Crippen LogP contribution in [0.25, 0.3) is 0 Å². The molecule has 0 radical (unpaired) electrons. The van der Waals surface area contributed by atoms with Gasteiger partial charge >= 0.3 is 12.0 Å². The van der Waals surface area contributed by atoms with E-state index in [9.17, 15) is 9.59 Å². The summed E-state index contributed by atoms with van der Waals surface area (Å²) in [5, 5.41) is 12.0. The lowest BCUT2D eigenvalue weighted by atomic mass is 10.0. The molecule has 1 aliphatic rings. The molecule has 5 nitrogen and oxygen atoms in total. The van der Waals surface area contributed by atoms with E-state index in [1.165, 1.54) is 30.7 Å². The lowest BCUT2D eigenvalue weighted by Gasteiger charge is -2.34. The van der Waals surface area contributed by atoms with E-state index in [2.05, 4.69) is 11.4 Å². The minimum Gasteiger partial charge on any atom is -0.480 e. The van der Waals surface area contributed by atoms with Crippen LogP contribution in [0.5, 0.6) is 0 Å². The van der Waals surface area contributed by atoms with Gasteiger partial charge in [-0.15, -0.1) is 0 Å². The summed E-state index contributed by atoms with van der Waals surface area (Å²) in [5.41, 5.74) is 0.201. The van der Waals surface area contributed by atoms with Crippen LogP contribution < -0.4 is 5.32 Å². The van der Waals surface area contributed by atoms with E-state index < -0.39 is 11.5 Å². The molecule has 0 aliphatic heterocycles. The van der Waals surface area contributed by atoms with Crippen LogP contribution in [0.4, 0.5) is 4.79 Å². The Hall–Kier alpha value is -1.52. The smallest absolute Gasteiger partial charge is 0.329 e. The number of rotatable bonds is 6. The highest BCUT2D eigenvalue weighted by molar-refractivity contribution is 5.85. The first kappa shape index (κ1) is 15.5. The minimum absolute atomic E-state index is 0.312. The van der Waals surface area contributed by atoms with Crippen LogP contribution in [-0.4, -0.2) is 40.6 Å². The average molecular weight is 268 g/mol. The molecule has 0 aromatic carbocycles. The van der Waals surface area contributed by atoms with E-state index in [1.54, 1.807) is 6.92 Å². The molecule has 0 unspecified atom stereocenters. The van der Waals surface area contributed by atoms with Crippen LogP contribution in [0.2, 0.25) is 0 Å². The second-order valence-electron chi connectivity index (χ2n) is 5.34. The van der Waals surface area contributed by atoms with Crippen molar-refractivity contribution in [3.8, 4) is 0 Å². The van der Waals surface area contributed by atoms with Crippen LogP contribution in [0.3, 0.4) is 0 Å². The first-order chi connectivity index (χ1) is 8.89. The fourth-order valence-corrected chi connectivity index (χ4v) is 2.30. The predicted octanol–water partition coefficient (Wildman–Crippen LogP) is 2.38. The Morgan fingerprint density at radius 1 is 1.47 bits per heavy atom. The molecule has 0 aromatic rings. The average Bonchev–Trinajstić information content (AvgIpc) is 2.82. The number of carboxylic acids is 1. The van der Waals surface area contributed by atoms with Crippen LogP contribution in [0.1, 0.15) is 46.5 Å². The number of nitrogens with one attached hydrogen (secondary N) is 1. The summed E-state index contributed by atoms with van der Waals surface area (Å²) >= 11 is 0. The van der Waals surface area contributed by atoms with Gasteiger partial charge in [0.15, 0.2) is 0 Å². The molecule has 0 saturated carbocycles. The van der Waals surface area contributed by atoms with Gasteiger partial charge in [0.05, 0.1) is 0 Å². The fourth-order valence-electron chi connectivity index (χ4n) is 2.30. The van der Waals surface area contributed by atoms with Crippen LogP contribution in [0, 0.1) is 0 Å². The number of carbonyl (C=O) groups is 2. The van der Waals surface area contributed by atoms with Crippen molar-refractivity contribution in [3.63, 3.8) is 0 Å². The summed E-state index contributed by atoms with van der Waals surface area (Å²) in [4.78, 5) is 24.6. The van der Waals surface area contributed by atoms with Crippen LogP contribution in [-0.2, 0) is 4.79 Å². The van der Waals surface area contributed by atoms with Gasteiger partial charge in [0, 0.05) is 13.1 Å². The lowest BCUT2D eigenvalue weighted by Crippen LogP contribution is -2.56. The van der Waals surface area contributed by atoms with Crippen molar-refractivity contribution in [3.05, 3.63) is 11.6 Å². The Balaban J connectivity index is 2.47. The molecular formula is C14H24N2O3. The molecule has 2 N–H and O–H groups in total. The van der Waals surface area contributed by atoms with E-state index in [4.69, 9.17) is 5.11 Å². The van der Waals surface area contributed by atoms with Gasteiger partial charge < -0.3 is 15.3 Å². The molecule has 0 aromatic heterocycles. The van der Waals surface area contributed by atoms with E-state index >= 15 is 0 Å². The SMILES string of the molecule is CCN(C(=O)NCCC1=CCCC1)C(C)(C)C(=O)O. The van der Waals surface area contributed by atoms with Crippen molar-refractivity contribution < 1.29 is 14.7 Å². The molecule has 0 fully saturated rings. The fraction of sp³-hybridized carbons (Fsp3) is 0.714. The Morgan fingerprint density at radius 3 is 2.63 bits per heavy atom. The first-order valence-electron chi connectivity index (χ1n) is 6.86. The Kier molecular flexibility index (Phi) is 5.39. The molecule has 1 rings (SSSR count). The third-order valence-electron chi connectivity index (χ3n) is 3.62. The second-order valence-corrected chi connectivity index (χ2v) is 5.34. The summed E-state index contributed by atoms with van der Waals surface area (Å²) < 4.78 is 0. The zero-order valence-electron chi connectivity index (χ0n) is 12.0. The second kappa shape index (κ2) is 6.59. The molecule has 0 atom stereocenters. The number of carbonyl (C=O) groups excluding carboxylic acids is 1. The monoisotopic (exact) mass is 268 g/mol. The van der Waals surface area contributed by atoms with Crippen LogP contribution in [0.15, 0.2) is 11.6 Å². The first-order valence-corrected chi connectivity index (χ1v) is 6.86. The molecule has 0 saturated heterocycles. The maximum Gasteiger partial charge on any atom is 0.329 e. The molecule has 19 heavy (non-hydrogen) atoms. The summed E-state index contributed by atoms with van der Waals surface area (Å²) in [6, 6.07) is -0.312. The zero-order chi connectivity index (χ0) is 14.5. The van der Waals surface area contributed by atoms with Gasteiger partial charge in [-0.05, 0) is 46.5 Å². The number of amides is 2. The van der Waals surface area contributed by atoms with Crippen LogP contribution >= 0.6 is 0 Å².